The monoisotopic (exact) mass is 408 g/mol. The number of nitrogens with zero attached hydrogens (tertiary/aromatic N) is 1. The Labute approximate surface area is 167 Å². The average molecular weight is 408 g/mol. The molecule has 0 aliphatic carbocycles. The highest BCUT2D eigenvalue weighted by Crippen LogP contribution is 2.29. The second-order valence-corrected chi connectivity index (χ2v) is 6.81. The fourth-order valence-electron chi connectivity index (χ4n) is 3.18. The molecular weight excluding hydrogens is 385 g/mol. The third kappa shape index (κ3) is 5.95. The van der Waals surface area contributed by atoms with Crippen LogP contribution in [0, 0.1) is 6.92 Å². The van der Waals surface area contributed by atoms with Gasteiger partial charge < -0.3 is 14.5 Å². The molecule has 2 heterocycles. The van der Waals surface area contributed by atoms with E-state index in [1.807, 2.05) is 19.1 Å². The van der Waals surface area contributed by atoms with Gasteiger partial charge in [-0.05, 0) is 42.8 Å². The lowest BCUT2D eigenvalue weighted by Crippen LogP contribution is -2.43. The van der Waals surface area contributed by atoms with Crippen molar-refractivity contribution in [3.63, 3.8) is 0 Å². The molecule has 0 radical (unpaired) electrons. The van der Waals surface area contributed by atoms with E-state index in [-0.39, 0.29) is 11.9 Å². The zero-order valence-electron chi connectivity index (χ0n) is 16.0. The van der Waals surface area contributed by atoms with Crippen LogP contribution in [0.25, 0.3) is 6.08 Å². The number of furan rings is 1. The molecule has 5 nitrogen and oxygen atoms in total. The summed E-state index contributed by atoms with van der Waals surface area (Å²) in [5.41, 5.74) is -0.443. The van der Waals surface area contributed by atoms with Gasteiger partial charge >= 0.3 is 6.18 Å². The average Bonchev–Trinajstić information content (AvgIpc) is 3.13. The van der Waals surface area contributed by atoms with Gasteiger partial charge in [-0.1, -0.05) is 12.1 Å². The summed E-state index contributed by atoms with van der Waals surface area (Å²) in [6, 6.07) is 8.45. The molecular formula is C21H23F3N2O3. The number of ether oxygens (including phenoxy) is 1. The molecule has 1 aliphatic heterocycles. The predicted octanol–water partition coefficient (Wildman–Crippen LogP) is 3.81. The van der Waals surface area contributed by atoms with Crippen LogP contribution in [0.3, 0.4) is 0 Å². The Balaban J connectivity index is 1.63. The van der Waals surface area contributed by atoms with E-state index in [0.717, 1.165) is 36.7 Å². The quantitative estimate of drug-likeness (QED) is 0.739. The Hall–Kier alpha value is -2.58. The van der Waals surface area contributed by atoms with Gasteiger partial charge in [-0.3, -0.25) is 9.69 Å². The van der Waals surface area contributed by atoms with Crippen LogP contribution in [0.2, 0.25) is 0 Å². The van der Waals surface area contributed by atoms with Gasteiger partial charge in [-0.2, -0.15) is 13.2 Å². The van der Waals surface area contributed by atoms with Crippen molar-refractivity contribution >= 4 is 12.0 Å². The molecule has 1 amide bonds. The van der Waals surface area contributed by atoms with Crippen LogP contribution in [0.1, 0.15) is 28.7 Å². The molecule has 0 saturated carbocycles. The maximum absolute atomic E-state index is 12.8. The molecule has 8 heteroatoms. The minimum absolute atomic E-state index is 0.140. The highest BCUT2D eigenvalue weighted by atomic mass is 19.4. The first-order valence-electron chi connectivity index (χ1n) is 9.34. The first-order chi connectivity index (χ1) is 13.8. The molecule has 3 rings (SSSR count). The van der Waals surface area contributed by atoms with E-state index in [9.17, 15) is 18.0 Å². The van der Waals surface area contributed by atoms with Crippen molar-refractivity contribution < 1.29 is 27.1 Å². The molecule has 156 valence electrons. The second-order valence-electron chi connectivity index (χ2n) is 6.81. The second kappa shape index (κ2) is 9.28. The maximum Gasteiger partial charge on any atom is 0.416 e. The van der Waals surface area contributed by atoms with Crippen LogP contribution < -0.4 is 5.32 Å². The summed E-state index contributed by atoms with van der Waals surface area (Å²) in [4.78, 5) is 14.4. The normalized spacial score (nSPS) is 16.8. The van der Waals surface area contributed by atoms with Gasteiger partial charge in [-0.25, -0.2) is 0 Å². The number of carbonyl (C=O) groups excluding carboxylic acids is 1. The van der Waals surface area contributed by atoms with Crippen LogP contribution >= 0.6 is 0 Å². The Morgan fingerprint density at radius 2 is 2.00 bits per heavy atom. The molecule has 1 aromatic carbocycles. The first kappa shape index (κ1) is 21.1. The summed E-state index contributed by atoms with van der Waals surface area (Å²) in [5, 5.41) is 2.81. The van der Waals surface area contributed by atoms with Gasteiger partial charge in [0.1, 0.15) is 11.5 Å². The van der Waals surface area contributed by atoms with Gasteiger partial charge in [0.2, 0.25) is 5.91 Å². The largest absolute Gasteiger partial charge is 0.465 e. The lowest BCUT2D eigenvalue weighted by Gasteiger charge is -2.33. The number of aryl methyl sites for hydroxylation is 1. The highest BCUT2D eigenvalue weighted by Gasteiger charge is 2.30. The SMILES string of the molecule is Cc1ccc(C(CNC(=O)/C=C/c2cccc(C(F)(F)F)c2)N2CCOCC2)o1. The maximum atomic E-state index is 12.8. The summed E-state index contributed by atoms with van der Waals surface area (Å²) in [6.45, 7) is 4.84. The van der Waals surface area contributed by atoms with Crippen molar-refractivity contribution in [1.82, 2.24) is 10.2 Å². The summed E-state index contributed by atoms with van der Waals surface area (Å²) in [5.74, 6) is 1.16. The Kier molecular flexibility index (Phi) is 6.76. The summed E-state index contributed by atoms with van der Waals surface area (Å²) < 4.78 is 49.5. The molecule has 1 saturated heterocycles. The number of benzene rings is 1. The number of alkyl halides is 3. The molecule has 0 bridgehead atoms. The van der Waals surface area contributed by atoms with Crippen molar-refractivity contribution in [3.05, 3.63) is 65.1 Å². The predicted molar refractivity (Wildman–Crippen MR) is 102 cm³/mol. The first-order valence-corrected chi connectivity index (χ1v) is 9.34. The molecule has 2 aromatic rings. The molecule has 29 heavy (non-hydrogen) atoms. The number of rotatable bonds is 6. The Morgan fingerprint density at radius 1 is 1.24 bits per heavy atom. The van der Waals surface area contributed by atoms with Crippen molar-refractivity contribution in [2.45, 2.75) is 19.1 Å². The smallest absolute Gasteiger partial charge is 0.416 e. The topological polar surface area (TPSA) is 54.7 Å². The number of halogens is 3. The highest BCUT2D eigenvalue weighted by molar-refractivity contribution is 5.91. The summed E-state index contributed by atoms with van der Waals surface area (Å²) in [6.07, 6.45) is -1.82. The van der Waals surface area contributed by atoms with Crippen LogP contribution in [-0.4, -0.2) is 43.7 Å². The van der Waals surface area contributed by atoms with Crippen molar-refractivity contribution in [3.8, 4) is 0 Å². The van der Waals surface area contributed by atoms with Crippen LogP contribution in [0.4, 0.5) is 13.2 Å². The van der Waals surface area contributed by atoms with Crippen molar-refractivity contribution in [2.75, 3.05) is 32.8 Å². The minimum atomic E-state index is -4.42. The van der Waals surface area contributed by atoms with E-state index in [1.165, 1.54) is 24.3 Å². The third-order valence-corrected chi connectivity index (χ3v) is 4.69. The molecule has 1 N–H and O–H groups in total. The van der Waals surface area contributed by atoms with E-state index in [1.54, 1.807) is 0 Å². The van der Waals surface area contributed by atoms with E-state index in [4.69, 9.17) is 9.15 Å². The summed E-state index contributed by atoms with van der Waals surface area (Å²) in [7, 11) is 0. The molecule has 1 atom stereocenters. The van der Waals surface area contributed by atoms with Gasteiger partial charge in [0.25, 0.3) is 0 Å². The number of carbonyl (C=O) groups is 1. The number of nitrogens with one attached hydrogen (secondary N) is 1. The number of morpholine rings is 1. The third-order valence-electron chi connectivity index (χ3n) is 4.69. The molecule has 1 fully saturated rings. The van der Waals surface area contributed by atoms with E-state index in [2.05, 4.69) is 10.2 Å². The van der Waals surface area contributed by atoms with Crippen LogP contribution in [0.5, 0.6) is 0 Å². The van der Waals surface area contributed by atoms with Crippen LogP contribution in [-0.2, 0) is 15.7 Å². The fraction of sp³-hybridized carbons (Fsp3) is 0.381. The molecule has 1 unspecified atom stereocenters. The number of amides is 1. The van der Waals surface area contributed by atoms with Crippen molar-refractivity contribution in [1.29, 1.82) is 0 Å². The fourth-order valence-corrected chi connectivity index (χ4v) is 3.18. The molecule has 1 aromatic heterocycles. The zero-order chi connectivity index (χ0) is 20.9. The van der Waals surface area contributed by atoms with Gasteiger partial charge in [0.05, 0.1) is 24.8 Å². The Bertz CT molecular complexity index is 855. The van der Waals surface area contributed by atoms with E-state index < -0.39 is 11.7 Å². The molecule has 1 aliphatic rings. The lowest BCUT2D eigenvalue weighted by molar-refractivity contribution is -0.137. The van der Waals surface area contributed by atoms with Crippen molar-refractivity contribution in [2.24, 2.45) is 0 Å². The van der Waals surface area contributed by atoms with Crippen LogP contribution in [0.15, 0.2) is 46.9 Å². The standard InChI is InChI=1S/C21H23F3N2O3/c1-15-5-7-19(29-15)18(26-9-11-28-12-10-26)14-25-20(27)8-6-16-3-2-4-17(13-16)21(22,23)24/h2-8,13,18H,9-12,14H2,1H3,(H,25,27)/b8-6+. The van der Waals surface area contributed by atoms with E-state index in [0.29, 0.717) is 25.3 Å². The Morgan fingerprint density at radius 3 is 2.66 bits per heavy atom. The van der Waals surface area contributed by atoms with Gasteiger partial charge in [-0.15, -0.1) is 0 Å². The van der Waals surface area contributed by atoms with E-state index >= 15 is 0 Å². The van der Waals surface area contributed by atoms with Gasteiger partial charge in [0.15, 0.2) is 0 Å². The van der Waals surface area contributed by atoms with Gasteiger partial charge in [0, 0.05) is 25.7 Å². The summed E-state index contributed by atoms with van der Waals surface area (Å²) >= 11 is 0. The number of hydrogen-bond donors (Lipinski definition) is 1. The lowest BCUT2D eigenvalue weighted by atomic mass is 10.1. The molecule has 0 spiro atoms. The minimum Gasteiger partial charge on any atom is -0.465 e. The number of hydrogen-bond acceptors (Lipinski definition) is 4. The zero-order valence-corrected chi connectivity index (χ0v) is 16.0.